The van der Waals surface area contributed by atoms with Crippen molar-refractivity contribution in [2.75, 3.05) is 32.8 Å². The van der Waals surface area contributed by atoms with Crippen molar-refractivity contribution < 1.29 is 19.1 Å². The van der Waals surface area contributed by atoms with Crippen LogP contribution in [0.25, 0.3) is 0 Å². The van der Waals surface area contributed by atoms with E-state index < -0.39 is 5.79 Å². The molecule has 2 unspecified atom stereocenters. The molecule has 0 aromatic heterocycles. The SMILES string of the molecule is CC(C)CCNC(=O)C1CC1C(=O)N1CCC2(CC1)OCCO2. The third-order valence-corrected chi connectivity index (χ3v) is 5.12. The van der Waals surface area contributed by atoms with Crippen LogP contribution in [0.2, 0.25) is 0 Å². The van der Waals surface area contributed by atoms with Gasteiger partial charge < -0.3 is 19.7 Å². The quantitative estimate of drug-likeness (QED) is 0.824. The number of hydrogen-bond acceptors (Lipinski definition) is 4. The molecule has 6 nitrogen and oxygen atoms in total. The summed E-state index contributed by atoms with van der Waals surface area (Å²) in [5, 5.41) is 2.95. The lowest BCUT2D eigenvalue weighted by Crippen LogP contribution is -2.48. The Hall–Kier alpha value is -1.14. The van der Waals surface area contributed by atoms with Crippen LogP contribution in [-0.2, 0) is 19.1 Å². The van der Waals surface area contributed by atoms with Gasteiger partial charge in [-0.25, -0.2) is 0 Å². The molecule has 1 spiro atoms. The van der Waals surface area contributed by atoms with E-state index in [-0.39, 0.29) is 23.7 Å². The van der Waals surface area contributed by atoms with Gasteiger partial charge >= 0.3 is 0 Å². The van der Waals surface area contributed by atoms with Crippen molar-refractivity contribution in [3.63, 3.8) is 0 Å². The molecular weight excluding hydrogens is 296 g/mol. The van der Waals surface area contributed by atoms with Crippen LogP contribution in [0, 0.1) is 17.8 Å². The van der Waals surface area contributed by atoms with Gasteiger partial charge in [-0.15, -0.1) is 0 Å². The molecule has 6 heteroatoms. The van der Waals surface area contributed by atoms with Gasteiger partial charge in [0.1, 0.15) is 0 Å². The van der Waals surface area contributed by atoms with Crippen molar-refractivity contribution in [3.8, 4) is 0 Å². The summed E-state index contributed by atoms with van der Waals surface area (Å²) in [6, 6.07) is 0. The number of likely N-dealkylation sites (tertiary alicyclic amines) is 1. The Labute approximate surface area is 137 Å². The zero-order valence-electron chi connectivity index (χ0n) is 14.2. The summed E-state index contributed by atoms with van der Waals surface area (Å²) >= 11 is 0. The van der Waals surface area contributed by atoms with E-state index in [9.17, 15) is 9.59 Å². The summed E-state index contributed by atoms with van der Waals surface area (Å²) < 4.78 is 11.4. The number of rotatable bonds is 5. The predicted molar refractivity (Wildman–Crippen MR) is 84.5 cm³/mol. The molecule has 130 valence electrons. The maximum absolute atomic E-state index is 12.5. The van der Waals surface area contributed by atoms with Gasteiger partial charge in [0.25, 0.3) is 0 Å². The second-order valence-corrected chi connectivity index (χ2v) is 7.36. The molecule has 2 amide bonds. The van der Waals surface area contributed by atoms with Gasteiger partial charge in [0.05, 0.1) is 25.0 Å². The summed E-state index contributed by atoms with van der Waals surface area (Å²) in [7, 11) is 0. The summed E-state index contributed by atoms with van der Waals surface area (Å²) in [6.45, 7) is 7.60. The minimum absolute atomic E-state index is 0.0416. The van der Waals surface area contributed by atoms with Crippen LogP contribution >= 0.6 is 0 Å². The average Bonchev–Trinajstić information content (AvgIpc) is 3.21. The molecule has 2 saturated heterocycles. The topological polar surface area (TPSA) is 67.9 Å². The molecular formula is C17H28N2O4. The molecule has 0 radical (unpaired) electrons. The maximum Gasteiger partial charge on any atom is 0.226 e. The van der Waals surface area contributed by atoms with E-state index >= 15 is 0 Å². The fourth-order valence-corrected chi connectivity index (χ4v) is 3.46. The van der Waals surface area contributed by atoms with Gasteiger partial charge in [-0.3, -0.25) is 9.59 Å². The van der Waals surface area contributed by atoms with E-state index in [1.165, 1.54) is 0 Å². The Morgan fingerprint density at radius 2 is 1.83 bits per heavy atom. The fraction of sp³-hybridized carbons (Fsp3) is 0.882. The molecule has 23 heavy (non-hydrogen) atoms. The monoisotopic (exact) mass is 324 g/mol. The van der Waals surface area contributed by atoms with Crippen molar-refractivity contribution in [3.05, 3.63) is 0 Å². The standard InChI is InChI=1S/C17H28N2O4/c1-12(2)3-6-18-15(20)13-11-14(13)16(21)19-7-4-17(5-8-19)22-9-10-23-17/h12-14H,3-11H2,1-2H3,(H,18,20). The summed E-state index contributed by atoms with van der Waals surface area (Å²) in [4.78, 5) is 26.5. The van der Waals surface area contributed by atoms with E-state index in [4.69, 9.17) is 9.47 Å². The zero-order valence-corrected chi connectivity index (χ0v) is 14.2. The average molecular weight is 324 g/mol. The highest BCUT2D eigenvalue weighted by Crippen LogP contribution is 2.41. The van der Waals surface area contributed by atoms with Crippen LogP contribution in [0.3, 0.4) is 0 Å². The zero-order chi connectivity index (χ0) is 16.4. The van der Waals surface area contributed by atoms with Crippen LogP contribution in [0.4, 0.5) is 0 Å². The molecule has 0 aromatic rings. The number of piperidine rings is 1. The molecule has 3 fully saturated rings. The normalized spacial score (nSPS) is 29.1. The van der Waals surface area contributed by atoms with Gasteiger partial charge in [-0.2, -0.15) is 0 Å². The third-order valence-electron chi connectivity index (χ3n) is 5.12. The van der Waals surface area contributed by atoms with E-state index in [2.05, 4.69) is 19.2 Å². The number of nitrogens with zero attached hydrogens (tertiary/aromatic N) is 1. The highest BCUT2D eigenvalue weighted by molar-refractivity contribution is 5.92. The molecule has 1 N–H and O–H groups in total. The largest absolute Gasteiger partial charge is 0.356 e. The second-order valence-electron chi connectivity index (χ2n) is 7.36. The number of ether oxygens (including phenoxy) is 2. The minimum atomic E-state index is -0.450. The third kappa shape index (κ3) is 3.86. The molecule has 0 bridgehead atoms. The minimum Gasteiger partial charge on any atom is -0.356 e. The van der Waals surface area contributed by atoms with E-state index in [0.717, 1.165) is 19.3 Å². The van der Waals surface area contributed by atoms with Crippen molar-refractivity contribution in [2.45, 2.75) is 45.3 Å². The molecule has 1 aliphatic carbocycles. The van der Waals surface area contributed by atoms with Crippen molar-refractivity contribution in [1.82, 2.24) is 10.2 Å². The molecule has 3 rings (SSSR count). The Bertz CT molecular complexity index is 450. The van der Waals surface area contributed by atoms with Crippen LogP contribution in [0.1, 0.15) is 39.5 Å². The lowest BCUT2D eigenvalue weighted by atomic mass is 10.0. The van der Waals surface area contributed by atoms with Gasteiger partial charge in [0.15, 0.2) is 5.79 Å². The van der Waals surface area contributed by atoms with Crippen LogP contribution in [-0.4, -0.2) is 55.3 Å². The Kier molecular flexibility index (Phi) is 4.92. The number of hydrogen-bond donors (Lipinski definition) is 1. The molecule has 0 aromatic carbocycles. The molecule has 2 atom stereocenters. The van der Waals surface area contributed by atoms with E-state index in [1.807, 2.05) is 4.90 Å². The number of carbonyl (C=O) groups is 2. The maximum atomic E-state index is 12.5. The Morgan fingerprint density at radius 1 is 1.17 bits per heavy atom. The first kappa shape index (κ1) is 16.7. The summed E-state index contributed by atoms with van der Waals surface area (Å²) in [5.74, 6) is 0.0565. The number of amides is 2. The second kappa shape index (κ2) is 6.77. The molecule has 2 heterocycles. The van der Waals surface area contributed by atoms with E-state index in [1.54, 1.807) is 0 Å². The van der Waals surface area contributed by atoms with Crippen LogP contribution in [0.15, 0.2) is 0 Å². The highest BCUT2D eigenvalue weighted by atomic mass is 16.7. The fourth-order valence-electron chi connectivity index (χ4n) is 3.46. The van der Waals surface area contributed by atoms with Crippen LogP contribution < -0.4 is 5.32 Å². The lowest BCUT2D eigenvalue weighted by molar-refractivity contribution is -0.187. The predicted octanol–water partition coefficient (Wildman–Crippen LogP) is 1.15. The first-order valence-electron chi connectivity index (χ1n) is 8.85. The van der Waals surface area contributed by atoms with Crippen molar-refractivity contribution >= 4 is 11.8 Å². The van der Waals surface area contributed by atoms with Crippen LogP contribution in [0.5, 0.6) is 0 Å². The van der Waals surface area contributed by atoms with Gasteiger partial charge in [0, 0.05) is 32.5 Å². The Balaban J connectivity index is 1.41. The smallest absolute Gasteiger partial charge is 0.226 e. The summed E-state index contributed by atoms with van der Waals surface area (Å²) in [6.07, 6.45) is 3.14. The molecule has 1 saturated carbocycles. The van der Waals surface area contributed by atoms with Gasteiger partial charge in [-0.1, -0.05) is 13.8 Å². The lowest BCUT2D eigenvalue weighted by Gasteiger charge is -2.37. The first-order chi connectivity index (χ1) is 11.0. The van der Waals surface area contributed by atoms with Crippen molar-refractivity contribution in [1.29, 1.82) is 0 Å². The molecule has 2 aliphatic heterocycles. The van der Waals surface area contributed by atoms with E-state index in [0.29, 0.717) is 45.2 Å². The van der Waals surface area contributed by atoms with Gasteiger partial charge in [0.2, 0.25) is 11.8 Å². The molecule has 3 aliphatic rings. The number of carbonyl (C=O) groups excluding carboxylic acids is 2. The van der Waals surface area contributed by atoms with Crippen molar-refractivity contribution in [2.24, 2.45) is 17.8 Å². The van der Waals surface area contributed by atoms with Gasteiger partial charge in [-0.05, 0) is 18.8 Å². The highest BCUT2D eigenvalue weighted by Gasteiger charge is 2.51. The summed E-state index contributed by atoms with van der Waals surface area (Å²) in [5.41, 5.74) is 0. The Morgan fingerprint density at radius 3 is 2.43 bits per heavy atom. The first-order valence-corrected chi connectivity index (χ1v) is 8.85. The number of nitrogens with one attached hydrogen (secondary N) is 1.